The fraction of sp³-hybridized carbons (Fsp3) is 0.263. The van der Waals surface area contributed by atoms with Crippen molar-refractivity contribution in [2.75, 3.05) is 13.1 Å². The van der Waals surface area contributed by atoms with Crippen LogP contribution in [0.5, 0.6) is 0 Å². The van der Waals surface area contributed by atoms with Crippen molar-refractivity contribution in [3.63, 3.8) is 0 Å². The number of imide groups is 1. The SMILES string of the molecule is Cc1nn(-c2ccc(F)cc2)c2sc(C(=O)OC(C)C(=O)N3CCNC3=O)cc12. The molecule has 29 heavy (non-hydrogen) atoms. The van der Waals surface area contributed by atoms with Crippen LogP contribution < -0.4 is 5.32 Å². The number of esters is 1. The number of hydrogen-bond acceptors (Lipinski definition) is 6. The number of aromatic nitrogens is 2. The van der Waals surface area contributed by atoms with Crippen LogP contribution >= 0.6 is 11.3 Å². The third-order valence-corrected chi connectivity index (χ3v) is 5.66. The van der Waals surface area contributed by atoms with Crippen molar-refractivity contribution in [2.45, 2.75) is 20.0 Å². The van der Waals surface area contributed by atoms with E-state index in [0.29, 0.717) is 27.6 Å². The highest BCUT2D eigenvalue weighted by molar-refractivity contribution is 7.20. The Hall–Kier alpha value is -3.27. The van der Waals surface area contributed by atoms with E-state index in [1.165, 1.54) is 30.4 Å². The first-order chi connectivity index (χ1) is 13.8. The molecule has 10 heteroatoms. The number of fused-ring (bicyclic) bond motifs is 1. The summed E-state index contributed by atoms with van der Waals surface area (Å²) in [6.45, 7) is 3.86. The fourth-order valence-corrected chi connectivity index (χ4v) is 4.14. The van der Waals surface area contributed by atoms with E-state index in [9.17, 15) is 18.8 Å². The highest BCUT2D eigenvalue weighted by Crippen LogP contribution is 2.31. The van der Waals surface area contributed by atoms with Crippen LogP contribution in [-0.4, -0.2) is 51.8 Å². The lowest BCUT2D eigenvalue weighted by Crippen LogP contribution is -2.41. The smallest absolute Gasteiger partial charge is 0.349 e. The molecule has 0 saturated carbocycles. The van der Waals surface area contributed by atoms with Crippen LogP contribution in [0.25, 0.3) is 15.9 Å². The van der Waals surface area contributed by atoms with Crippen LogP contribution in [0.15, 0.2) is 30.3 Å². The van der Waals surface area contributed by atoms with E-state index in [-0.39, 0.29) is 12.4 Å². The number of carbonyl (C=O) groups excluding carboxylic acids is 3. The van der Waals surface area contributed by atoms with E-state index < -0.39 is 24.0 Å². The summed E-state index contributed by atoms with van der Waals surface area (Å²) < 4.78 is 20.1. The first-order valence-electron chi connectivity index (χ1n) is 8.90. The van der Waals surface area contributed by atoms with Crippen molar-refractivity contribution in [2.24, 2.45) is 0 Å². The quantitative estimate of drug-likeness (QED) is 0.660. The Labute approximate surface area is 168 Å². The lowest BCUT2D eigenvalue weighted by molar-refractivity contribution is -0.135. The van der Waals surface area contributed by atoms with Crippen LogP contribution in [0.1, 0.15) is 22.3 Å². The van der Waals surface area contributed by atoms with Gasteiger partial charge in [0, 0.05) is 18.5 Å². The molecule has 8 nitrogen and oxygen atoms in total. The van der Waals surface area contributed by atoms with E-state index in [0.717, 1.165) is 10.3 Å². The Morgan fingerprint density at radius 3 is 2.69 bits per heavy atom. The topological polar surface area (TPSA) is 93.5 Å². The van der Waals surface area contributed by atoms with Gasteiger partial charge in [-0.05, 0) is 44.2 Å². The summed E-state index contributed by atoms with van der Waals surface area (Å²) in [5.41, 5.74) is 1.37. The molecule has 3 heterocycles. The molecule has 1 aliphatic heterocycles. The second-order valence-corrected chi connectivity index (χ2v) is 7.60. The van der Waals surface area contributed by atoms with E-state index in [1.54, 1.807) is 22.9 Å². The lowest BCUT2D eigenvalue weighted by Gasteiger charge is -2.17. The minimum Gasteiger partial charge on any atom is -0.448 e. The Kier molecular flexibility index (Phi) is 4.79. The summed E-state index contributed by atoms with van der Waals surface area (Å²) in [7, 11) is 0. The molecule has 1 N–H and O–H groups in total. The second-order valence-electron chi connectivity index (χ2n) is 6.57. The average Bonchev–Trinajstić information content (AvgIpc) is 3.38. The van der Waals surface area contributed by atoms with Crippen LogP contribution in [0, 0.1) is 12.7 Å². The zero-order chi connectivity index (χ0) is 20.7. The van der Waals surface area contributed by atoms with Gasteiger partial charge in [-0.25, -0.2) is 18.7 Å². The molecule has 1 saturated heterocycles. The number of halogens is 1. The van der Waals surface area contributed by atoms with Crippen molar-refractivity contribution in [1.82, 2.24) is 20.0 Å². The van der Waals surface area contributed by atoms with Gasteiger partial charge in [0.25, 0.3) is 5.91 Å². The summed E-state index contributed by atoms with van der Waals surface area (Å²) in [6.07, 6.45) is -1.09. The minimum atomic E-state index is -1.09. The number of hydrogen-bond donors (Lipinski definition) is 1. The van der Waals surface area contributed by atoms with E-state index in [1.807, 2.05) is 6.92 Å². The molecule has 0 radical (unpaired) electrons. The molecule has 0 spiro atoms. The van der Waals surface area contributed by atoms with Crippen LogP contribution in [0.2, 0.25) is 0 Å². The van der Waals surface area contributed by atoms with E-state index in [4.69, 9.17) is 4.74 Å². The number of carbonyl (C=O) groups is 3. The summed E-state index contributed by atoms with van der Waals surface area (Å²) >= 11 is 1.17. The number of thiophene rings is 1. The first-order valence-corrected chi connectivity index (χ1v) is 9.72. The molecule has 1 atom stereocenters. The molecule has 0 aliphatic carbocycles. The van der Waals surface area contributed by atoms with Crippen molar-refractivity contribution in [3.8, 4) is 5.69 Å². The van der Waals surface area contributed by atoms with Gasteiger partial charge < -0.3 is 10.1 Å². The van der Waals surface area contributed by atoms with Gasteiger partial charge in [-0.1, -0.05) is 0 Å². The maximum Gasteiger partial charge on any atom is 0.349 e. The lowest BCUT2D eigenvalue weighted by atomic mass is 10.3. The molecule has 1 fully saturated rings. The third kappa shape index (κ3) is 3.46. The second kappa shape index (κ2) is 7.28. The summed E-state index contributed by atoms with van der Waals surface area (Å²) in [4.78, 5) is 38.5. The largest absolute Gasteiger partial charge is 0.448 e. The van der Waals surface area contributed by atoms with Crippen LogP contribution in [0.4, 0.5) is 9.18 Å². The predicted molar refractivity (Wildman–Crippen MR) is 104 cm³/mol. The number of rotatable bonds is 4. The molecule has 150 valence electrons. The normalized spacial score (nSPS) is 14.9. The maximum absolute atomic E-state index is 13.2. The number of nitrogens with one attached hydrogen (secondary N) is 1. The monoisotopic (exact) mass is 416 g/mol. The third-order valence-electron chi connectivity index (χ3n) is 4.57. The van der Waals surface area contributed by atoms with E-state index in [2.05, 4.69) is 10.4 Å². The number of nitrogens with zero attached hydrogens (tertiary/aromatic N) is 3. The Bertz CT molecular complexity index is 1120. The van der Waals surface area contributed by atoms with Gasteiger partial charge in [0.1, 0.15) is 15.5 Å². The zero-order valence-corrected chi connectivity index (χ0v) is 16.5. The van der Waals surface area contributed by atoms with Crippen LogP contribution in [0.3, 0.4) is 0 Å². The Morgan fingerprint density at radius 1 is 1.31 bits per heavy atom. The number of amides is 3. The molecule has 4 rings (SSSR count). The molecule has 1 aliphatic rings. The average molecular weight is 416 g/mol. The minimum absolute atomic E-state index is 0.245. The maximum atomic E-state index is 13.2. The molecular weight excluding hydrogens is 399 g/mol. The number of urea groups is 1. The summed E-state index contributed by atoms with van der Waals surface area (Å²) in [5, 5.41) is 7.75. The standard InChI is InChI=1S/C19H17FN4O4S/c1-10-14-9-15(18(26)28-11(2)16(25)23-8-7-21-19(23)27)29-17(14)24(22-10)13-5-3-12(20)4-6-13/h3-6,9,11H,7-8H2,1-2H3,(H,21,27). The van der Waals surface area contributed by atoms with E-state index >= 15 is 0 Å². The number of benzene rings is 1. The van der Waals surface area contributed by atoms with Crippen molar-refractivity contribution < 1.29 is 23.5 Å². The molecule has 0 bridgehead atoms. The van der Waals surface area contributed by atoms with Crippen molar-refractivity contribution in [3.05, 3.63) is 46.7 Å². The van der Waals surface area contributed by atoms with Gasteiger partial charge in [0.05, 0.1) is 11.4 Å². The summed E-state index contributed by atoms with van der Waals surface area (Å²) in [5.74, 6) is -1.57. The first kappa shape index (κ1) is 19.1. The Morgan fingerprint density at radius 2 is 2.03 bits per heavy atom. The fourth-order valence-electron chi connectivity index (χ4n) is 3.08. The molecule has 3 amide bonds. The van der Waals surface area contributed by atoms with Crippen molar-refractivity contribution in [1.29, 1.82) is 0 Å². The van der Waals surface area contributed by atoms with Gasteiger partial charge in [0.15, 0.2) is 6.10 Å². The summed E-state index contributed by atoms with van der Waals surface area (Å²) in [6, 6.07) is 7.03. The van der Waals surface area contributed by atoms with Crippen LogP contribution in [-0.2, 0) is 9.53 Å². The van der Waals surface area contributed by atoms with Gasteiger partial charge in [-0.3, -0.25) is 9.69 Å². The molecular formula is C19H17FN4O4S. The molecule has 2 aromatic heterocycles. The highest BCUT2D eigenvalue weighted by atomic mass is 32.1. The van der Waals surface area contributed by atoms with Gasteiger partial charge in [-0.2, -0.15) is 5.10 Å². The number of aryl methyl sites for hydroxylation is 1. The predicted octanol–water partition coefficient (Wildman–Crippen LogP) is 2.63. The molecule has 1 aromatic carbocycles. The highest BCUT2D eigenvalue weighted by Gasteiger charge is 2.32. The van der Waals surface area contributed by atoms with Gasteiger partial charge in [-0.15, -0.1) is 11.3 Å². The Balaban J connectivity index is 1.57. The van der Waals surface area contributed by atoms with Crippen molar-refractivity contribution >= 4 is 39.5 Å². The zero-order valence-electron chi connectivity index (χ0n) is 15.6. The molecule has 3 aromatic rings. The number of ether oxygens (including phenoxy) is 1. The van der Waals surface area contributed by atoms with Gasteiger partial charge >= 0.3 is 12.0 Å². The van der Waals surface area contributed by atoms with Gasteiger partial charge in [0.2, 0.25) is 0 Å². The molecule has 1 unspecified atom stereocenters.